The molecule has 24 heavy (non-hydrogen) atoms. The molecule has 0 radical (unpaired) electrons. The molecule has 2 fully saturated rings. The molecule has 1 aromatic heterocycles. The lowest BCUT2D eigenvalue weighted by Crippen LogP contribution is -2.50. The number of benzene rings is 1. The first kappa shape index (κ1) is 15.8. The Balaban J connectivity index is 1.46. The smallest absolute Gasteiger partial charge is 0.0645 e. The second-order valence-corrected chi connectivity index (χ2v) is 6.89. The first-order chi connectivity index (χ1) is 11.8. The topological polar surface area (TPSA) is 50.5 Å². The monoisotopic (exact) mass is 327 g/mol. The van der Waals surface area contributed by atoms with Gasteiger partial charge >= 0.3 is 0 Å². The summed E-state index contributed by atoms with van der Waals surface area (Å²) in [4.78, 5) is 2.49. The molecule has 5 heteroatoms. The Bertz CT molecular complexity index is 641. The van der Waals surface area contributed by atoms with Gasteiger partial charge in [-0.3, -0.25) is 4.90 Å². The highest BCUT2D eigenvalue weighted by atomic mass is 16.5. The van der Waals surface area contributed by atoms with E-state index in [2.05, 4.69) is 34.3 Å². The van der Waals surface area contributed by atoms with Crippen molar-refractivity contribution in [3.63, 3.8) is 0 Å². The van der Waals surface area contributed by atoms with Crippen LogP contribution in [0.3, 0.4) is 0 Å². The summed E-state index contributed by atoms with van der Waals surface area (Å²) >= 11 is 0. The maximum atomic E-state index is 10.3. The number of nitrogens with zero attached hydrogens (tertiary/aromatic N) is 3. The minimum absolute atomic E-state index is 0.165. The molecule has 1 aromatic carbocycles. The van der Waals surface area contributed by atoms with Gasteiger partial charge in [-0.25, -0.2) is 4.68 Å². The standard InChI is InChI=1S/C19H25N3O2/c23-19-4-1-3-17(19)18-14-24-12-11-21(18)13-15-5-7-16(8-6-15)22-10-2-9-20-22/h2,5-10,17-19,23H,1,3-4,11-14H2/t17-,18+,19-/m1/s1. The lowest BCUT2D eigenvalue weighted by Gasteiger charge is -2.40. The first-order valence-corrected chi connectivity index (χ1v) is 8.90. The van der Waals surface area contributed by atoms with Crippen molar-refractivity contribution in [1.29, 1.82) is 0 Å². The molecule has 0 bridgehead atoms. The molecule has 0 unspecified atom stereocenters. The summed E-state index contributed by atoms with van der Waals surface area (Å²) in [5.74, 6) is 0.355. The fraction of sp³-hybridized carbons (Fsp3) is 0.526. The van der Waals surface area contributed by atoms with Crippen LogP contribution in [0.4, 0.5) is 0 Å². The zero-order valence-corrected chi connectivity index (χ0v) is 13.9. The van der Waals surface area contributed by atoms with E-state index in [0.717, 1.165) is 51.3 Å². The number of hydrogen-bond acceptors (Lipinski definition) is 4. The number of aliphatic hydroxyl groups is 1. The quantitative estimate of drug-likeness (QED) is 0.936. The van der Waals surface area contributed by atoms with Gasteiger partial charge in [0, 0.05) is 37.4 Å². The number of aromatic nitrogens is 2. The molecule has 2 aliphatic rings. The number of hydrogen-bond donors (Lipinski definition) is 1. The van der Waals surface area contributed by atoms with Crippen LogP contribution in [0.25, 0.3) is 5.69 Å². The molecule has 1 aliphatic heterocycles. The van der Waals surface area contributed by atoms with Gasteiger partial charge in [0.2, 0.25) is 0 Å². The van der Waals surface area contributed by atoms with Crippen molar-refractivity contribution in [2.24, 2.45) is 5.92 Å². The van der Waals surface area contributed by atoms with Gasteiger partial charge in [0.15, 0.2) is 0 Å². The maximum Gasteiger partial charge on any atom is 0.0645 e. The molecule has 128 valence electrons. The maximum absolute atomic E-state index is 10.3. The lowest BCUT2D eigenvalue weighted by molar-refractivity contribution is -0.0536. The summed E-state index contributed by atoms with van der Waals surface area (Å²) in [5.41, 5.74) is 2.37. The Kier molecular flexibility index (Phi) is 4.65. The van der Waals surface area contributed by atoms with E-state index in [1.54, 1.807) is 6.20 Å². The average Bonchev–Trinajstić information content (AvgIpc) is 3.28. The van der Waals surface area contributed by atoms with Crippen molar-refractivity contribution in [3.05, 3.63) is 48.3 Å². The SMILES string of the molecule is O[C@@H]1CCC[C@@H]1[C@@H]1COCCN1Cc1ccc(-n2cccn2)cc1. The Labute approximate surface area is 142 Å². The van der Waals surface area contributed by atoms with Gasteiger partial charge in [0.1, 0.15) is 0 Å². The predicted molar refractivity (Wildman–Crippen MR) is 91.9 cm³/mol. The Morgan fingerprint density at radius 3 is 2.79 bits per heavy atom. The zero-order chi connectivity index (χ0) is 16.4. The highest BCUT2D eigenvalue weighted by Crippen LogP contribution is 2.32. The Hall–Kier alpha value is -1.69. The van der Waals surface area contributed by atoms with Gasteiger partial charge in [-0.1, -0.05) is 18.6 Å². The van der Waals surface area contributed by atoms with Gasteiger partial charge in [-0.05, 0) is 36.6 Å². The Morgan fingerprint density at radius 1 is 1.21 bits per heavy atom. The summed E-state index contributed by atoms with van der Waals surface area (Å²) in [6, 6.07) is 10.8. The number of morpholine rings is 1. The van der Waals surface area contributed by atoms with E-state index in [1.165, 1.54) is 5.56 Å². The molecule has 2 aromatic rings. The number of aliphatic hydroxyl groups excluding tert-OH is 1. The molecule has 3 atom stereocenters. The van der Waals surface area contributed by atoms with Crippen LogP contribution in [0.15, 0.2) is 42.7 Å². The fourth-order valence-corrected chi connectivity index (χ4v) is 4.08. The molecular weight excluding hydrogens is 302 g/mol. The minimum atomic E-state index is -0.165. The van der Waals surface area contributed by atoms with Crippen molar-refractivity contribution in [2.45, 2.75) is 38.0 Å². The fourth-order valence-electron chi connectivity index (χ4n) is 4.08. The van der Waals surface area contributed by atoms with E-state index in [9.17, 15) is 5.11 Å². The molecule has 0 spiro atoms. The van der Waals surface area contributed by atoms with Gasteiger partial charge in [-0.2, -0.15) is 5.10 Å². The summed E-state index contributed by atoms with van der Waals surface area (Å²) in [6.07, 6.45) is 6.77. The molecule has 1 N–H and O–H groups in total. The van der Waals surface area contributed by atoms with Crippen molar-refractivity contribution in [2.75, 3.05) is 19.8 Å². The van der Waals surface area contributed by atoms with E-state index in [0.29, 0.717) is 12.0 Å². The lowest BCUT2D eigenvalue weighted by atomic mass is 9.94. The van der Waals surface area contributed by atoms with Gasteiger partial charge in [0.05, 0.1) is 25.0 Å². The summed E-state index contributed by atoms with van der Waals surface area (Å²) in [5, 5.41) is 14.5. The van der Waals surface area contributed by atoms with Crippen LogP contribution < -0.4 is 0 Å². The molecule has 0 amide bonds. The highest BCUT2D eigenvalue weighted by molar-refractivity contribution is 5.33. The number of rotatable bonds is 4. The average molecular weight is 327 g/mol. The summed E-state index contributed by atoms with van der Waals surface area (Å²) in [6.45, 7) is 3.38. The van der Waals surface area contributed by atoms with Crippen molar-refractivity contribution >= 4 is 0 Å². The molecule has 2 heterocycles. The van der Waals surface area contributed by atoms with Crippen LogP contribution in [-0.2, 0) is 11.3 Å². The van der Waals surface area contributed by atoms with Crippen molar-refractivity contribution in [3.8, 4) is 5.69 Å². The predicted octanol–water partition coefficient (Wildman–Crippen LogP) is 2.23. The molecule has 1 saturated heterocycles. The molecule has 5 nitrogen and oxygen atoms in total. The third kappa shape index (κ3) is 3.24. The normalized spacial score (nSPS) is 28.3. The molecule has 4 rings (SSSR count). The van der Waals surface area contributed by atoms with E-state index < -0.39 is 0 Å². The minimum Gasteiger partial charge on any atom is -0.393 e. The van der Waals surface area contributed by atoms with Crippen molar-refractivity contribution < 1.29 is 9.84 Å². The second kappa shape index (κ2) is 7.05. The first-order valence-electron chi connectivity index (χ1n) is 8.90. The van der Waals surface area contributed by atoms with Crippen LogP contribution in [-0.4, -0.2) is 51.7 Å². The van der Waals surface area contributed by atoms with Crippen LogP contribution >= 0.6 is 0 Å². The van der Waals surface area contributed by atoms with Crippen LogP contribution in [0, 0.1) is 5.92 Å². The molecule has 1 saturated carbocycles. The van der Waals surface area contributed by atoms with E-state index in [-0.39, 0.29) is 6.10 Å². The largest absolute Gasteiger partial charge is 0.393 e. The van der Waals surface area contributed by atoms with Gasteiger partial charge in [0.25, 0.3) is 0 Å². The van der Waals surface area contributed by atoms with Gasteiger partial charge < -0.3 is 9.84 Å². The van der Waals surface area contributed by atoms with Gasteiger partial charge in [-0.15, -0.1) is 0 Å². The highest BCUT2D eigenvalue weighted by Gasteiger charge is 2.37. The van der Waals surface area contributed by atoms with Crippen LogP contribution in [0.5, 0.6) is 0 Å². The molecular formula is C19H25N3O2. The van der Waals surface area contributed by atoms with Crippen LogP contribution in [0.2, 0.25) is 0 Å². The van der Waals surface area contributed by atoms with Crippen LogP contribution in [0.1, 0.15) is 24.8 Å². The third-order valence-electron chi connectivity index (χ3n) is 5.40. The Morgan fingerprint density at radius 2 is 2.08 bits per heavy atom. The third-order valence-corrected chi connectivity index (χ3v) is 5.40. The zero-order valence-electron chi connectivity index (χ0n) is 13.9. The van der Waals surface area contributed by atoms with E-state index >= 15 is 0 Å². The summed E-state index contributed by atoms with van der Waals surface area (Å²) in [7, 11) is 0. The second-order valence-electron chi connectivity index (χ2n) is 6.89. The summed E-state index contributed by atoms with van der Waals surface area (Å²) < 4.78 is 7.59. The van der Waals surface area contributed by atoms with E-state index in [1.807, 2.05) is 16.9 Å². The van der Waals surface area contributed by atoms with Crippen molar-refractivity contribution in [1.82, 2.24) is 14.7 Å². The molecule has 1 aliphatic carbocycles. The number of ether oxygens (including phenoxy) is 1. The van der Waals surface area contributed by atoms with E-state index in [4.69, 9.17) is 4.74 Å².